The van der Waals surface area contributed by atoms with E-state index >= 15 is 0 Å². The SMILES string of the molecule is Cc1cc2c(cc1O)C(CC(=O)C1CCCCCC1)=NC(C)(C)C2. The van der Waals surface area contributed by atoms with Crippen LogP contribution in [0.1, 0.15) is 75.5 Å². The third-order valence-electron chi connectivity index (χ3n) is 5.45. The Balaban J connectivity index is 1.87. The molecule has 130 valence electrons. The molecule has 0 saturated heterocycles. The summed E-state index contributed by atoms with van der Waals surface area (Å²) in [5.74, 6) is 0.824. The number of aryl methyl sites for hydroxylation is 1. The van der Waals surface area contributed by atoms with Gasteiger partial charge in [-0.1, -0.05) is 31.7 Å². The van der Waals surface area contributed by atoms with Gasteiger partial charge in [0, 0.05) is 17.9 Å². The maximum absolute atomic E-state index is 12.8. The van der Waals surface area contributed by atoms with Crippen molar-refractivity contribution >= 4 is 11.5 Å². The molecule has 1 saturated carbocycles. The van der Waals surface area contributed by atoms with Crippen LogP contribution in [-0.2, 0) is 11.2 Å². The number of hydrogen-bond acceptors (Lipinski definition) is 3. The zero-order valence-corrected chi connectivity index (χ0v) is 15.2. The molecule has 1 aromatic rings. The fourth-order valence-electron chi connectivity index (χ4n) is 4.15. The Morgan fingerprint density at radius 2 is 1.88 bits per heavy atom. The van der Waals surface area contributed by atoms with Crippen LogP contribution in [0.15, 0.2) is 17.1 Å². The number of nitrogens with zero attached hydrogens (tertiary/aromatic N) is 1. The monoisotopic (exact) mass is 327 g/mol. The first-order valence-corrected chi connectivity index (χ1v) is 9.30. The van der Waals surface area contributed by atoms with Gasteiger partial charge in [0.2, 0.25) is 0 Å². The Morgan fingerprint density at radius 3 is 2.54 bits per heavy atom. The average molecular weight is 327 g/mol. The minimum Gasteiger partial charge on any atom is -0.508 e. The summed E-state index contributed by atoms with van der Waals surface area (Å²) < 4.78 is 0. The zero-order chi connectivity index (χ0) is 17.3. The molecule has 1 aliphatic carbocycles. The molecule has 3 rings (SSSR count). The minimum absolute atomic E-state index is 0.185. The van der Waals surface area contributed by atoms with E-state index in [2.05, 4.69) is 19.9 Å². The van der Waals surface area contributed by atoms with E-state index in [9.17, 15) is 9.90 Å². The second kappa shape index (κ2) is 6.70. The van der Waals surface area contributed by atoms with E-state index in [0.29, 0.717) is 18.0 Å². The normalized spacial score (nSPS) is 20.9. The average Bonchev–Trinajstić information content (AvgIpc) is 2.77. The second-order valence-corrected chi connectivity index (χ2v) is 8.18. The lowest BCUT2D eigenvalue weighted by Crippen LogP contribution is -2.31. The van der Waals surface area contributed by atoms with Crippen molar-refractivity contribution in [2.24, 2.45) is 10.9 Å². The molecule has 0 radical (unpaired) electrons. The molecule has 1 aliphatic heterocycles. The lowest BCUT2D eigenvalue weighted by atomic mass is 9.83. The number of phenols is 1. The number of hydrogen-bond donors (Lipinski definition) is 1. The van der Waals surface area contributed by atoms with Crippen LogP contribution < -0.4 is 0 Å². The van der Waals surface area contributed by atoms with Crippen molar-refractivity contribution in [1.82, 2.24) is 0 Å². The van der Waals surface area contributed by atoms with Crippen LogP contribution in [0.4, 0.5) is 0 Å². The van der Waals surface area contributed by atoms with Gasteiger partial charge < -0.3 is 5.11 Å². The summed E-state index contributed by atoms with van der Waals surface area (Å²) in [5, 5.41) is 10.1. The molecule has 0 atom stereocenters. The number of phenolic OH excluding ortho intramolecular Hbond substituents is 1. The fraction of sp³-hybridized carbons (Fsp3) is 0.619. The second-order valence-electron chi connectivity index (χ2n) is 8.18. The Bertz CT molecular complexity index is 665. The van der Waals surface area contributed by atoms with Gasteiger partial charge in [-0.15, -0.1) is 0 Å². The van der Waals surface area contributed by atoms with Gasteiger partial charge in [0.15, 0.2) is 0 Å². The largest absolute Gasteiger partial charge is 0.508 e. The fourth-order valence-corrected chi connectivity index (χ4v) is 4.15. The predicted octanol–water partition coefficient (Wildman–Crippen LogP) is 4.75. The highest BCUT2D eigenvalue weighted by Gasteiger charge is 2.30. The van der Waals surface area contributed by atoms with Crippen LogP contribution in [0, 0.1) is 12.8 Å². The summed E-state index contributed by atoms with van der Waals surface area (Å²) in [7, 11) is 0. The van der Waals surface area contributed by atoms with Crippen molar-refractivity contribution in [3.8, 4) is 5.75 Å². The van der Waals surface area contributed by atoms with Gasteiger partial charge in [0.05, 0.1) is 11.3 Å². The van der Waals surface area contributed by atoms with Crippen molar-refractivity contribution in [3.63, 3.8) is 0 Å². The van der Waals surface area contributed by atoms with E-state index in [-0.39, 0.29) is 11.5 Å². The van der Waals surface area contributed by atoms with Crippen molar-refractivity contribution in [3.05, 3.63) is 28.8 Å². The summed E-state index contributed by atoms with van der Waals surface area (Å²) in [6.07, 6.45) is 8.18. The predicted molar refractivity (Wildman–Crippen MR) is 98.0 cm³/mol. The Labute approximate surface area is 145 Å². The number of rotatable bonds is 3. The Kier molecular flexibility index (Phi) is 4.80. The van der Waals surface area contributed by atoms with Gasteiger partial charge >= 0.3 is 0 Å². The maximum atomic E-state index is 12.8. The Morgan fingerprint density at radius 1 is 1.21 bits per heavy atom. The van der Waals surface area contributed by atoms with Gasteiger partial charge in [-0.2, -0.15) is 0 Å². The molecule has 24 heavy (non-hydrogen) atoms. The molecule has 0 amide bonds. The summed E-state index contributed by atoms with van der Waals surface area (Å²) in [6, 6.07) is 3.86. The molecule has 1 heterocycles. The Hall–Kier alpha value is -1.64. The van der Waals surface area contributed by atoms with E-state index in [1.807, 2.05) is 6.92 Å². The van der Waals surface area contributed by atoms with Crippen LogP contribution in [0.3, 0.4) is 0 Å². The van der Waals surface area contributed by atoms with E-state index in [1.54, 1.807) is 6.07 Å². The molecule has 0 bridgehead atoms. The van der Waals surface area contributed by atoms with Gasteiger partial charge in [0.1, 0.15) is 11.5 Å². The molecule has 0 unspecified atom stereocenters. The lowest BCUT2D eigenvalue weighted by molar-refractivity contribution is -0.122. The summed E-state index contributed by atoms with van der Waals surface area (Å²) >= 11 is 0. The van der Waals surface area contributed by atoms with Crippen molar-refractivity contribution in [1.29, 1.82) is 0 Å². The number of aromatic hydroxyl groups is 1. The van der Waals surface area contributed by atoms with E-state index in [0.717, 1.165) is 36.1 Å². The molecule has 1 N–H and O–H groups in total. The van der Waals surface area contributed by atoms with Crippen molar-refractivity contribution < 1.29 is 9.90 Å². The van der Waals surface area contributed by atoms with Crippen LogP contribution in [-0.4, -0.2) is 22.1 Å². The highest BCUT2D eigenvalue weighted by molar-refractivity contribution is 6.13. The van der Waals surface area contributed by atoms with Crippen molar-refractivity contribution in [2.75, 3.05) is 0 Å². The van der Waals surface area contributed by atoms with Gasteiger partial charge in [-0.25, -0.2) is 0 Å². The summed E-state index contributed by atoms with van der Waals surface area (Å²) in [4.78, 5) is 17.7. The number of ketones is 1. The highest BCUT2D eigenvalue weighted by Crippen LogP contribution is 2.33. The molecule has 3 heteroatoms. The maximum Gasteiger partial charge on any atom is 0.141 e. The quantitative estimate of drug-likeness (QED) is 0.814. The standard InChI is InChI=1S/C21H29NO2/c1-14-10-16-13-21(2,3)22-18(17(16)11-19(14)23)12-20(24)15-8-6-4-5-7-9-15/h10-11,15,23H,4-9,12-13H2,1-3H3. The number of fused-ring (bicyclic) bond motifs is 1. The van der Waals surface area contributed by atoms with E-state index in [4.69, 9.17) is 4.99 Å². The third-order valence-corrected chi connectivity index (χ3v) is 5.45. The van der Waals surface area contributed by atoms with E-state index < -0.39 is 0 Å². The number of carbonyl (C=O) groups excluding carboxylic acids is 1. The van der Waals surface area contributed by atoms with Crippen LogP contribution in [0.5, 0.6) is 5.75 Å². The molecular weight excluding hydrogens is 298 g/mol. The molecule has 3 nitrogen and oxygen atoms in total. The third kappa shape index (κ3) is 3.71. The number of aliphatic imine (C=N–C) groups is 1. The smallest absolute Gasteiger partial charge is 0.141 e. The first-order valence-electron chi connectivity index (χ1n) is 9.30. The van der Waals surface area contributed by atoms with Gasteiger partial charge in [-0.05, 0) is 57.2 Å². The number of carbonyl (C=O) groups is 1. The first-order chi connectivity index (χ1) is 11.4. The molecule has 0 aromatic heterocycles. The molecule has 1 fully saturated rings. The molecule has 2 aliphatic rings. The van der Waals surface area contributed by atoms with Crippen LogP contribution >= 0.6 is 0 Å². The topological polar surface area (TPSA) is 49.7 Å². The highest BCUT2D eigenvalue weighted by atomic mass is 16.3. The minimum atomic E-state index is -0.185. The van der Waals surface area contributed by atoms with E-state index in [1.165, 1.54) is 31.2 Å². The number of Topliss-reactive ketones (excluding diaryl/α,β-unsaturated/α-hetero) is 1. The summed E-state index contributed by atoms with van der Waals surface area (Å²) in [6.45, 7) is 6.16. The first kappa shape index (κ1) is 17.2. The van der Waals surface area contributed by atoms with Gasteiger partial charge in [-0.3, -0.25) is 9.79 Å². The van der Waals surface area contributed by atoms with Crippen LogP contribution in [0.25, 0.3) is 0 Å². The lowest BCUT2D eigenvalue weighted by Gasteiger charge is -2.30. The molecule has 0 spiro atoms. The van der Waals surface area contributed by atoms with Gasteiger partial charge in [0.25, 0.3) is 0 Å². The zero-order valence-electron chi connectivity index (χ0n) is 15.2. The number of benzene rings is 1. The van der Waals surface area contributed by atoms with Crippen LogP contribution in [0.2, 0.25) is 0 Å². The summed E-state index contributed by atoms with van der Waals surface area (Å²) in [5.41, 5.74) is 3.75. The molecular formula is C21H29NO2. The molecule has 1 aromatic carbocycles. The van der Waals surface area contributed by atoms with Crippen molar-refractivity contribution in [2.45, 2.75) is 77.7 Å².